The van der Waals surface area contributed by atoms with Gasteiger partial charge in [-0.3, -0.25) is 9.80 Å². The van der Waals surface area contributed by atoms with Crippen molar-refractivity contribution >= 4 is 34.7 Å². The van der Waals surface area contributed by atoms with Crippen molar-refractivity contribution in [2.75, 3.05) is 12.0 Å². The third-order valence-electron chi connectivity index (χ3n) is 5.26. The van der Waals surface area contributed by atoms with Gasteiger partial charge in [0.1, 0.15) is 5.75 Å². The van der Waals surface area contributed by atoms with Crippen LogP contribution in [-0.4, -0.2) is 41.7 Å². The van der Waals surface area contributed by atoms with Gasteiger partial charge in [0.25, 0.3) is 0 Å². The molecular formula is C28H31N5O. The molecule has 0 saturated carbocycles. The fraction of sp³-hybridized carbons (Fsp3) is 0.250. The molecule has 0 aromatic heterocycles. The highest BCUT2D eigenvalue weighted by Gasteiger charge is 2.41. The van der Waals surface area contributed by atoms with Gasteiger partial charge in [-0.1, -0.05) is 36.4 Å². The molecule has 0 spiro atoms. The van der Waals surface area contributed by atoms with Gasteiger partial charge < -0.3 is 4.74 Å². The first kappa shape index (κ1) is 23.2. The molecule has 0 bridgehead atoms. The highest BCUT2D eigenvalue weighted by molar-refractivity contribution is 6.57. The zero-order valence-corrected chi connectivity index (χ0v) is 20.4. The molecule has 3 aromatic carbocycles. The van der Waals surface area contributed by atoms with Crippen molar-refractivity contribution in [2.24, 2.45) is 15.0 Å². The van der Waals surface area contributed by atoms with E-state index in [-0.39, 0.29) is 12.1 Å². The van der Waals surface area contributed by atoms with Gasteiger partial charge in [0.15, 0.2) is 11.7 Å². The van der Waals surface area contributed by atoms with Gasteiger partial charge in [-0.15, -0.1) is 0 Å². The topological polar surface area (TPSA) is 52.8 Å². The lowest BCUT2D eigenvalue weighted by atomic mass is 10.2. The number of amidine groups is 2. The summed E-state index contributed by atoms with van der Waals surface area (Å²) in [6.07, 6.45) is 0. The maximum absolute atomic E-state index is 5.39. The second-order valence-electron chi connectivity index (χ2n) is 8.56. The molecule has 0 atom stereocenters. The lowest BCUT2D eigenvalue weighted by molar-refractivity contribution is 0.415. The van der Waals surface area contributed by atoms with E-state index < -0.39 is 0 Å². The third kappa shape index (κ3) is 5.01. The molecule has 0 N–H and O–H groups in total. The van der Waals surface area contributed by atoms with Crippen LogP contribution in [0.15, 0.2) is 99.9 Å². The van der Waals surface area contributed by atoms with E-state index in [1.165, 1.54) is 0 Å². The summed E-state index contributed by atoms with van der Waals surface area (Å²) in [5.41, 5.74) is 2.66. The van der Waals surface area contributed by atoms with Crippen molar-refractivity contribution in [1.29, 1.82) is 0 Å². The van der Waals surface area contributed by atoms with Crippen molar-refractivity contribution in [3.8, 4) is 5.75 Å². The molecule has 1 fully saturated rings. The maximum atomic E-state index is 5.39. The fourth-order valence-electron chi connectivity index (χ4n) is 3.75. The minimum absolute atomic E-state index is 0.0889. The van der Waals surface area contributed by atoms with Crippen LogP contribution in [0.5, 0.6) is 5.75 Å². The first-order chi connectivity index (χ1) is 16.5. The number of rotatable bonds is 6. The Labute approximate surface area is 202 Å². The average molecular weight is 454 g/mol. The number of guanidine groups is 1. The molecule has 1 aliphatic rings. The lowest BCUT2D eigenvalue weighted by Gasteiger charge is -2.25. The molecule has 1 heterocycles. The van der Waals surface area contributed by atoms with Crippen LogP contribution in [0.25, 0.3) is 0 Å². The van der Waals surface area contributed by atoms with Crippen molar-refractivity contribution in [3.05, 3.63) is 84.9 Å². The molecule has 6 heteroatoms. The average Bonchev–Trinajstić information content (AvgIpc) is 3.12. The molecular weight excluding hydrogens is 422 g/mol. The van der Waals surface area contributed by atoms with E-state index in [0.29, 0.717) is 0 Å². The van der Waals surface area contributed by atoms with Gasteiger partial charge in [0, 0.05) is 12.1 Å². The van der Waals surface area contributed by atoms with Crippen molar-refractivity contribution in [3.63, 3.8) is 0 Å². The summed E-state index contributed by atoms with van der Waals surface area (Å²) in [5, 5.41) is 0. The molecule has 0 amide bonds. The summed E-state index contributed by atoms with van der Waals surface area (Å²) < 4.78 is 5.39. The number of benzene rings is 3. The predicted molar refractivity (Wildman–Crippen MR) is 142 cm³/mol. The summed E-state index contributed by atoms with van der Waals surface area (Å²) >= 11 is 0. The third-order valence-corrected chi connectivity index (χ3v) is 5.26. The van der Waals surface area contributed by atoms with E-state index in [1.807, 2.05) is 84.9 Å². The number of hydrogen-bond acceptors (Lipinski definition) is 4. The monoisotopic (exact) mass is 453 g/mol. The number of nitrogens with zero attached hydrogens (tertiary/aromatic N) is 5. The quantitative estimate of drug-likeness (QED) is 0.431. The molecule has 0 radical (unpaired) electrons. The normalized spacial score (nSPS) is 17.6. The summed E-state index contributed by atoms with van der Waals surface area (Å²) in [7, 11) is 1.67. The highest BCUT2D eigenvalue weighted by Crippen LogP contribution is 2.30. The Morgan fingerprint density at radius 3 is 1.68 bits per heavy atom. The maximum Gasteiger partial charge on any atom is 0.213 e. The van der Waals surface area contributed by atoms with Gasteiger partial charge in [-0.05, 0) is 76.2 Å². The van der Waals surface area contributed by atoms with Crippen LogP contribution >= 0.6 is 0 Å². The summed E-state index contributed by atoms with van der Waals surface area (Å²) in [5.74, 6) is 3.10. The molecule has 3 aromatic rings. The highest BCUT2D eigenvalue weighted by atomic mass is 16.5. The SMILES string of the molecule is COc1ccc(N2C(=Nc3ccccc3)C(=Nc3ccccc3)N(C(C)C)C2=NC(C)C)cc1. The Balaban J connectivity index is 1.99. The smallest absolute Gasteiger partial charge is 0.213 e. The molecule has 0 unspecified atom stereocenters. The number of anilines is 1. The summed E-state index contributed by atoms with van der Waals surface area (Å²) in [6.45, 7) is 8.46. The van der Waals surface area contributed by atoms with Gasteiger partial charge in [0.05, 0.1) is 24.2 Å². The number of hydrogen-bond donors (Lipinski definition) is 0. The van der Waals surface area contributed by atoms with Crippen molar-refractivity contribution < 1.29 is 4.74 Å². The Bertz CT molecular complexity index is 1180. The van der Waals surface area contributed by atoms with E-state index in [1.54, 1.807) is 7.11 Å². The molecule has 1 saturated heterocycles. The van der Waals surface area contributed by atoms with Crippen LogP contribution < -0.4 is 9.64 Å². The second kappa shape index (κ2) is 10.3. The molecule has 6 nitrogen and oxygen atoms in total. The van der Waals surface area contributed by atoms with Crippen LogP contribution in [-0.2, 0) is 0 Å². The van der Waals surface area contributed by atoms with Crippen LogP contribution in [0.4, 0.5) is 17.1 Å². The Kier molecular flexibility index (Phi) is 7.07. The molecule has 4 rings (SSSR count). The van der Waals surface area contributed by atoms with Crippen LogP contribution in [0.3, 0.4) is 0 Å². The summed E-state index contributed by atoms with van der Waals surface area (Å²) in [4.78, 5) is 19.5. The standard InChI is InChI=1S/C28H31N5O/c1-20(2)29-28-32(21(3)4)26(30-22-12-8-6-9-13-22)27(31-23-14-10-7-11-15-23)33(28)24-16-18-25(34-5)19-17-24/h6-21H,1-5H3. The van der Waals surface area contributed by atoms with E-state index in [0.717, 1.165) is 40.4 Å². The first-order valence-electron chi connectivity index (χ1n) is 11.6. The fourth-order valence-corrected chi connectivity index (χ4v) is 3.75. The van der Waals surface area contributed by atoms with E-state index in [4.69, 9.17) is 19.7 Å². The Morgan fingerprint density at radius 2 is 1.21 bits per heavy atom. The van der Waals surface area contributed by atoms with Crippen LogP contribution in [0.1, 0.15) is 27.7 Å². The molecule has 34 heavy (non-hydrogen) atoms. The number of methoxy groups -OCH3 is 1. The molecule has 174 valence electrons. The second-order valence-corrected chi connectivity index (χ2v) is 8.56. The Hall–Kier alpha value is -3.93. The molecule has 1 aliphatic heterocycles. The minimum Gasteiger partial charge on any atom is -0.497 e. The Morgan fingerprint density at radius 1 is 0.676 bits per heavy atom. The number of aliphatic imine (C=N–C) groups is 3. The lowest BCUT2D eigenvalue weighted by Crippen LogP contribution is -2.40. The van der Waals surface area contributed by atoms with Crippen molar-refractivity contribution in [1.82, 2.24) is 4.90 Å². The van der Waals surface area contributed by atoms with Crippen LogP contribution in [0.2, 0.25) is 0 Å². The van der Waals surface area contributed by atoms with Gasteiger partial charge in [-0.2, -0.15) is 0 Å². The zero-order chi connectivity index (χ0) is 24.1. The van der Waals surface area contributed by atoms with Crippen LogP contribution in [0, 0.1) is 0 Å². The predicted octanol–water partition coefficient (Wildman–Crippen LogP) is 6.45. The van der Waals surface area contributed by atoms with E-state index >= 15 is 0 Å². The van der Waals surface area contributed by atoms with Gasteiger partial charge >= 0.3 is 0 Å². The van der Waals surface area contributed by atoms with Gasteiger partial charge in [-0.25, -0.2) is 15.0 Å². The van der Waals surface area contributed by atoms with E-state index in [9.17, 15) is 0 Å². The minimum atomic E-state index is 0.0889. The van der Waals surface area contributed by atoms with Gasteiger partial charge in [0.2, 0.25) is 5.96 Å². The van der Waals surface area contributed by atoms with Crippen molar-refractivity contribution in [2.45, 2.75) is 39.8 Å². The molecule has 0 aliphatic carbocycles. The van der Waals surface area contributed by atoms with E-state index in [2.05, 4.69) is 37.5 Å². The number of para-hydroxylation sites is 2. The summed E-state index contributed by atoms with van der Waals surface area (Å²) in [6, 6.07) is 28.1. The first-order valence-corrected chi connectivity index (χ1v) is 11.6. The largest absolute Gasteiger partial charge is 0.497 e. The zero-order valence-electron chi connectivity index (χ0n) is 20.4. The number of ether oxygens (including phenoxy) is 1.